The molecule has 0 bridgehead atoms. The third-order valence-electron chi connectivity index (χ3n) is 5.21. The van der Waals surface area contributed by atoms with Gasteiger partial charge in [0, 0.05) is 54.3 Å². The van der Waals surface area contributed by atoms with E-state index in [2.05, 4.69) is 20.6 Å². The van der Waals surface area contributed by atoms with Crippen LogP contribution in [0.2, 0.25) is 0 Å². The number of sulfonamides is 1. The molecule has 32 heavy (non-hydrogen) atoms. The molecule has 0 radical (unpaired) electrons. The average Bonchev–Trinajstić information content (AvgIpc) is 3.24. The molecular formula is C20H20N6O3S3. The molecule has 4 N–H and O–H groups in total. The number of carbonyl (C=O) groups is 1. The topological polar surface area (TPSA) is 130 Å². The van der Waals surface area contributed by atoms with E-state index in [0.29, 0.717) is 24.7 Å². The summed E-state index contributed by atoms with van der Waals surface area (Å²) in [4.78, 5) is 26.7. The number of rotatable bonds is 4. The van der Waals surface area contributed by atoms with E-state index in [-0.39, 0.29) is 10.8 Å². The van der Waals surface area contributed by atoms with Gasteiger partial charge in [-0.05, 0) is 24.3 Å². The summed E-state index contributed by atoms with van der Waals surface area (Å²) in [5.74, 6) is 1.17. The van der Waals surface area contributed by atoms with Crippen molar-refractivity contribution >= 4 is 50.7 Å². The van der Waals surface area contributed by atoms with Gasteiger partial charge >= 0.3 is 0 Å². The van der Waals surface area contributed by atoms with Gasteiger partial charge in [-0.3, -0.25) is 4.79 Å². The van der Waals surface area contributed by atoms with Gasteiger partial charge < -0.3 is 15.5 Å². The lowest BCUT2D eigenvalue weighted by Gasteiger charge is -2.26. The molecule has 0 atom stereocenters. The number of carbonyl (C=O) groups excluding carboxylic acids is 1. The van der Waals surface area contributed by atoms with Crippen molar-refractivity contribution in [3.63, 3.8) is 0 Å². The van der Waals surface area contributed by atoms with E-state index in [1.54, 1.807) is 30.1 Å². The maximum Gasteiger partial charge on any atom is 0.264 e. The minimum absolute atomic E-state index is 0.00667. The van der Waals surface area contributed by atoms with E-state index in [1.807, 2.05) is 11.0 Å². The van der Waals surface area contributed by atoms with Crippen molar-refractivity contribution in [3.05, 3.63) is 46.3 Å². The van der Waals surface area contributed by atoms with Crippen LogP contribution in [0.4, 0.5) is 11.6 Å². The maximum atomic E-state index is 12.9. The summed E-state index contributed by atoms with van der Waals surface area (Å²) in [5, 5.41) is 11.5. The first-order chi connectivity index (χ1) is 15.4. The summed E-state index contributed by atoms with van der Waals surface area (Å²) in [5.41, 5.74) is 2.23. The van der Waals surface area contributed by atoms with Crippen molar-refractivity contribution in [2.24, 2.45) is 5.14 Å². The number of piperazine rings is 1. The van der Waals surface area contributed by atoms with Crippen LogP contribution < -0.4 is 15.8 Å². The number of fused-ring (bicyclic) bond motifs is 3. The van der Waals surface area contributed by atoms with E-state index in [0.717, 1.165) is 44.7 Å². The number of amides is 1. The quantitative estimate of drug-likeness (QED) is 0.510. The molecule has 166 valence electrons. The molecule has 1 amide bonds. The van der Waals surface area contributed by atoms with Crippen molar-refractivity contribution < 1.29 is 13.2 Å². The van der Waals surface area contributed by atoms with Gasteiger partial charge in [0.25, 0.3) is 5.91 Å². The number of anilines is 2. The summed E-state index contributed by atoms with van der Waals surface area (Å²) < 4.78 is 23.2. The fraction of sp³-hybridized carbons (Fsp3) is 0.250. The molecule has 1 fully saturated rings. The van der Waals surface area contributed by atoms with Crippen molar-refractivity contribution in [1.82, 2.24) is 20.2 Å². The number of primary sulfonamides is 1. The van der Waals surface area contributed by atoms with E-state index < -0.39 is 10.0 Å². The van der Waals surface area contributed by atoms with Crippen LogP contribution in [0.5, 0.6) is 0 Å². The molecule has 12 heteroatoms. The Kier molecular flexibility index (Phi) is 5.63. The number of benzene rings is 1. The van der Waals surface area contributed by atoms with Crippen LogP contribution in [0.1, 0.15) is 14.5 Å². The fourth-order valence-corrected chi connectivity index (χ4v) is 6.38. The Balaban J connectivity index is 1.44. The van der Waals surface area contributed by atoms with Crippen molar-refractivity contribution in [1.29, 1.82) is 0 Å². The number of nitrogens with zero attached hydrogens (tertiary/aromatic N) is 3. The van der Waals surface area contributed by atoms with Gasteiger partial charge in [0.1, 0.15) is 0 Å². The number of hydrogen-bond acceptors (Lipinski definition) is 9. The molecule has 9 nitrogen and oxygen atoms in total. The van der Waals surface area contributed by atoms with E-state index in [9.17, 15) is 13.2 Å². The molecule has 2 aliphatic rings. The zero-order valence-corrected chi connectivity index (χ0v) is 19.3. The minimum atomic E-state index is -3.81. The second-order valence-electron chi connectivity index (χ2n) is 7.38. The SMILES string of the molecule is NS(=O)(=O)c1cccc(Nc2ncc3c(n2)-c2cc(C(=O)N4CCNCC4)sc2CS3)c1. The van der Waals surface area contributed by atoms with Gasteiger partial charge in [-0.15, -0.1) is 23.1 Å². The third kappa shape index (κ3) is 4.24. The Labute approximate surface area is 193 Å². The Morgan fingerprint density at radius 3 is 2.81 bits per heavy atom. The highest BCUT2D eigenvalue weighted by atomic mass is 32.2. The Hall–Kier alpha value is -2.51. The van der Waals surface area contributed by atoms with Crippen LogP contribution in [0.15, 0.2) is 46.3 Å². The third-order valence-corrected chi connectivity index (χ3v) is 8.47. The number of hydrogen-bond donors (Lipinski definition) is 3. The van der Waals surface area contributed by atoms with Crippen LogP contribution in [-0.4, -0.2) is 55.4 Å². The summed E-state index contributed by atoms with van der Waals surface area (Å²) in [6, 6.07) is 8.11. The minimum Gasteiger partial charge on any atom is -0.335 e. The predicted octanol–water partition coefficient (Wildman–Crippen LogP) is 2.25. The summed E-state index contributed by atoms with van der Waals surface area (Å²) >= 11 is 3.16. The molecule has 0 unspecified atom stereocenters. The molecule has 1 aromatic carbocycles. The van der Waals surface area contributed by atoms with Gasteiger partial charge in [-0.25, -0.2) is 23.5 Å². The molecule has 0 spiro atoms. The van der Waals surface area contributed by atoms with Crippen molar-refractivity contribution in [2.45, 2.75) is 15.5 Å². The predicted molar refractivity (Wildman–Crippen MR) is 125 cm³/mol. The first-order valence-corrected chi connectivity index (χ1v) is 13.3. The number of thioether (sulfide) groups is 1. The molecule has 5 rings (SSSR count). The van der Waals surface area contributed by atoms with Crippen molar-refractivity contribution in [3.8, 4) is 11.3 Å². The van der Waals surface area contributed by atoms with Crippen LogP contribution in [-0.2, 0) is 15.8 Å². The van der Waals surface area contributed by atoms with Gasteiger partial charge in [0.15, 0.2) is 0 Å². The molecular weight excluding hydrogens is 468 g/mol. The first kappa shape index (κ1) is 21.3. The maximum absolute atomic E-state index is 12.9. The lowest BCUT2D eigenvalue weighted by Crippen LogP contribution is -2.46. The zero-order valence-electron chi connectivity index (χ0n) is 16.9. The molecule has 3 aromatic rings. The Bertz CT molecular complexity index is 1300. The molecule has 0 aliphatic carbocycles. The average molecular weight is 489 g/mol. The molecule has 4 heterocycles. The normalized spacial score (nSPS) is 15.7. The summed E-state index contributed by atoms with van der Waals surface area (Å²) in [6.07, 6.45) is 1.75. The number of nitrogens with one attached hydrogen (secondary N) is 2. The Morgan fingerprint density at radius 2 is 2.03 bits per heavy atom. The van der Waals surface area contributed by atoms with Gasteiger partial charge in [-0.2, -0.15) is 0 Å². The second kappa shape index (κ2) is 8.45. The lowest BCUT2D eigenvalue weighted by atomic mass is 10.1. The molecule has 2 aromatic heterocycles. The number of thiophene rings is 1. The largest absolute Gasteiger partial charge is 0.335 e. The molecule has 2 aliphatic heterocycles. The van der Waals surface area contributed by atoms with Gasteiger partial charge in [0.2, 0.25) is 16.0 Å². The summed E-state index contributed by atoms with van der Waals surface area (Å²) in [6.45, 7) is 3.04. The monoisotopic (exact) mass is 488 g/mol. The number of nitrogens with two attached hydrogens (primary N) is 1. The smallest absolute Gasteiger partial charge is 0.264 e. The zero-order chi connectivity index (χ0) is 22.3. The van der Waals surface area contributed by atoms with E-state index in [4.69, 9.17) is 5.14 Å². The van der Waals surface area contributed by atoms with Gasteiger partial charge in [-0.1, -0.05) is 6.07 Å². The Morgan fingerprint density at radius 1 is 1.22 bits per heavy atom. The summed E-state index contributed by atoms with van der Waals surface area (Å²) in [7, 11) is -3.81. The van der Waals surface area contributed by atoms with Crippen LogP contribution in [0.3, 0.4) is 0 Å². The highest BCUT2D eigenvalue weighted by Gasteiger charge is 2.26. The van der Waals surface area contributed by atoms with Crippen molar-refractivity contribution in [2.75, 3.05) is 31.5 Å². The highest BCUT2D eigenvalue weighted by molar-refractivity contribution is 7.98. The van der Waals surface area contributed by atoms with Gasteiger partial charge in [0.05, 0.1) is 20.4 Å². The fourth-order valence-electron chi connectivity index (χ4n) is 3.62. The van der Waals surface area contributed by atoms with Crippen LogP contribution >= 0.6 is 23.1 Å². The van der Waals surface area contributed by atoms with Crippen LogP contribution in [0.25, 0.3) is 11.3 Å². The molecule has 0 saturated carbocycles. The first-order valence-electron chi connectivity index (χ1n) is 9.91. The second-order valence-corrected chi connectivity index (χ2v) is 11.1. The standard InChI is InChI=1S/C20H20N6O3S3/c21-32(28,29)13-3-1-2-12(8-13)24-20-23-10-16-18(25-20)14-9-15(31-17(14)11-30-16)19(27)26-6-4-22-5-7-26/h1-3,8-10,22H,4-7,11H2,(H2,21,28,29)(H,23,24,25). The van der Waals surface area contributed by atoms with Crippen LogP contribution in [0, 0.1) is 0 Å². The number of aromatic nitrogens is 2. The lowest BCUT2D eigenvalue weighted by molar-refractivity contribution is 0.0740. The molecule has 1 saturated heterocycles. The van der Waals surface area contributed by atoms with E-state index >= 15 is 0 Å². The van der Waals surface area contributed by atoms with E-state index in [1.165, 1.54) is 23.5 Å². The highest BCUT2D eigenvalue weighted by Crippen LogP contribution is 2.44.